The van der Waals surface area contributed by atoms with Gasteiger partial charge in [-0.3, -0.25) is 13.6 Å². The van der Waals surface area contributed by atoms with E-state index in [2.05, 4.69) is 0 Å². The molecule has 0 unspecified atom stereocenters. The van der Waals surface area contributed by atoms with Gasteiger partial charge in [0.1, 0.15) is 0 Å². The van der Waals surface area contributed by atoms with Crippen molar-refractivity contribution in [3.05, 3.63) is 67.6 Å². The second-order valence-corrected chi connectivity index (χ2v) is 7.71. The van der Waals surface area contributed by atoms with Gasteiger partial charge < -0.3 is 9.47 Å². The highest BCUT2D eigenvalue weighted by Crippen LogP contribution is 2.26. The normalized spacial score (nSPS) is 11.3. The maximum Gasteiger partial charge on any atom is 0.323 e. The molecule has 0 saturated heterocycles. The molecule has 0 bridgehead atoms. The Bertz CT molecular complexity index is 698. The van der Waals surface area contributed by atoms with Gasteiger partial charge in [0.25, 0.3) is 0 Å². The summed E-state index contributed by atoms with van der Waals surface area (Å²) in [7, 11) is -2.74. The van der Waals surface area contributed by atoms with Crippen LogP contribution < -0.4 is 0 Å². The van der Waals surface area contributed by atoms with Gasteiger partial charge in [0, 0.05) is 20.1 Å². The summed E-state index contributed by atoms with van der Waals surface area (Å²) < 4.78 is 31.9. The highest BCUT2D eigenvalue weighted by Gasteiger charge is 2.05. The zero-order valence-electron chi connectivity index (χ0n) is 13.3. The largest absolute Gasteiger partial charge is 0.350 e. The standard InChI is InChI=1S/C16H15Cl4O5P/c17-13-3-1-11(15(19)5-13)7-22-9-24-26(21)25-10-23-8-12-2-4-14(18)6-16(12)20/h1-6,26H,7-10H2. The van der Waals surface area contributed by atoms with Crippen LogP contribution in [-0.2, 0) is 36.3 Å². The molecular weight excluding hydrogens is 445 g/mol. The molecular formula is C16H15Cl4O5P. The highest BCUT2D eigenvalue weighted by molar-refractivity contribution is 7.33. The third-order valence-electron chi connectivity index (χ3n) is 3.07. The maximum absolute atomic E-state index is 11.6. The molecule has 0 aliphatic carbocycles. The third-order valence-corrected chi connectivity index (χ3v) is 4.95. The molecule has 142 valence electrons. The summed E-state index contributed by atoms with van der Waals surface area (Å²) in [4.78, 5) is 0. The van der Waals surface area contributed by atoms with Crippen LogP contribution in [0.4, 0.5) is 0 Å². The highest BCUT2D eigenvalue weighted by atomic mass is 35.5. The number of benzene rings is 2. The molecule has 0 atom stereocenters. The van der Waals surface area contributed by atoms with Crippen LogP contribution in [0, 0.1) is 0 Å². The number of rotatable bonds is 10. The minimum Gasteiger partial charge on any atom is -0.350 e. The molecule has 5 nitrogen and oxygen atoms in total. The van der Waals surface area contributed by atoms with Crippen molar-refractivity contribution in [3.8, 4) is 0 Å². The lowest BCUT2D eigenvalue weighted by atomic mass is 10.2. The Hall–Kier alpha value is -0.330. The number of halogens is 4. The maximum atomic E-state index is 11.6. The first kappa shape index (κ1) is 22.0. The summed E-state index contributed by atoms with van der Waals surface area (Å²) in [5.41, 5.74) is 1.48. The van der Waals surface area contributed by atoms with E-state index in [9.17, 15) is 4.57 Å². The molecule has 0 aromatic heterocycles. The van der Waals surface area contributed by atoms with E-state index >= 15 is 0 Å². The van der Waals surface area contributed by atoms with E-state index in [-0.39, 0.29) is 26.8 Å². The molecule has 0 aliphatic heterocycles. The summed E-state index contributed by atoms with van der Waals surface area (Å²) in [5.74, 6) is 0. The number of hydrogen-bond donors (Lipinski definition) is 0. The van der Waals surface area contributed by atoms with Gasteiger partial charge in [0.2, 0.25) is 0 Å². The van der Waals surface area contributed by atoms with Crippen molar-refractivity contribution in [1.82, 2.24) is 0 Å². The first-order chi connectivity index (χ1) is 12.5. The van der Waals surface area contributed by atoms with Gasteiger partial charge in [-0.25, -0.2) is 0 Å². The van der Waals surface area contributed by atoms with Gasteiger partial charge in [-0.1, -0.05) is 58.5 Å². The van der Waals surface area contributed by atoms with Crippen LogP contribution in [0.3, 0.4) is 0 Å². The molecule has 0 fully saturated rings. The summed E-state index contributed by atoms with van der Waals surface area (Å²) in [5, 5.41) is 2.04. The zero-order valence-corrected chi connectivity index (χ0v) is 17.4. The van der Waals surface area contributed by atoms with E-state index in [0.29, 0.717) is 20.1 Å². The van der Waals surface area contributed by atoms with Gasteiger partial charge in [-0.15, -0.1) is 0 Å². The molecule has 2 rings (SSSR count). The Labute approximate surface area is 171 Å². The fourth-order valence-electron chi connectivity index (χ4n) is 1.80. The molecule has 10 heteroatoms. The summed E-state index contributed by atoms with van der Waals surface area (Å²) in [6.07, 6.45) is 0. The second-order valence-electron chi connectivity index (χ2n) is 4.94. The van der Waals surface area contributed by atoms with E-state index in [1.54, 1.807) is 36.4 Å². The van der Waals surface area contributed by atoms with E-state index in [4.69, 9.17) is 64.9 Å². The van der Waals surface area contributed by atoms with Crippen LogP contribution >= 0.6 is 54.7 Å². The Morgan fingerprint density at radius 2 is 1.15 bits per heavy atom. The van der Waals surface area contributed by atoms with Gasteiger partial charge in [-0.2, -0.15) is 0 Å². The Morgan fingerprint density at radius 3 is 1.54 bits per heavy atom. The van der Waals surface area contributed by atoms with E-state index in [1.165, 1.54) is 0 Å². The lowest BCUT2D eigenvalue weighted by molar-refractivity contribution is -0.0270. The Kier molecular flexibility index (Phi) is 9.71. The van der Waals surface area contributed by atoms with Gasteiger partial charge in [0.15, 0.2) is 13.6 Å². The first-order valence-corrected chi connectivity index (χ1v) is 10.0. The molecule has 0 saturated carbocycles. The van der Waals surface area contributed by atoms with Crippen molar-refractivity contribution in [3.63, 3.8) is 0 Å². The minimum absolute atomic E-state index is 0.191. The Morgan fingerprint density at radius 1 is 0.731 bits per heavy atom. The van der Waals surface area contributed by atoms with Gasteiger partial charge in [-0.05, 0) is 35.4 Å². The average molecular weight is 460 g/mol. The van der Waals surface area contributed by atoms with Crippen LogP contribution in [0.25, 0.3) is 0 Å². The topological polar surface area (TPSA) is 54.0 Å². The lowest BCUT2D eigenvalue weighted by Crippen LogP contribution is -2.00. The average Bonchev–Trinajstić information content (AvgIpc) is 2.58. The third kappa shape index (κ3) is 7.73. The first-order valence-electron chi connectivity index (χ1n) is 7.28. The molecule has 0 radical (unpaired) electrons. The summed E-state index contributed by atoms with van der Waals surface area (Å²) in [6, 6.07) is 10.1. The minimum atomic E-state index is -2.74. The lowest BCUT2D eigenvalue weighted by Gasteiger charge is -2.09. The second kappa shape index (κ2) is 11.5. The molecule has 26 heavy (non-hydrogen) atoms. The van der Waals surface area contributed by atoms with Crippen molar-refractivity contribution in [2.75, 3.05) is 13.6 Å². The molecule has 2 aromatic carbocycles. The van der Waals surface area contributed by atoms with Crippen LogP contribution in [0.1, 0.15) is 11.1 Å². The molecule has 0 aliphatic rings. The quantitative estimate of drug-likeness (QED) is 0.234. The molecule has 0 heterocycles. The Balaban J connectivity index is 1.59. The fraction of sp³-hybridized carbons (Fsp3) is 0.250. The van der Waals surface area contributed by atoms with Crippen LogP contribution in [-0.4, -0.2) is 13.6 Å². The van der Waals surface area contributed by atoms with Crippen LogP contribution in [0.2, 0.25) is 20.1 Å². The summed E-state index contributed by atoms with van der Waals surface area (Å²) >= 11 is 23.6. The van der Waals surface area contributed by atoms with Crippen molar-refractivity contribution in [2.24, 2.45) is 0 Å². The van der Waals surface area contributed by atoms with E-state index < -0.39 is 8.25 Å². The predicted octanol–water partition coefficient (Wildman–Crippen LogP) is 6.37. The molecule has 2 aromatic rings. The zero-order chi connectivity index (χ0) is 18.9. The van der Waals surface area contributed by atoms with Crippen LogP contribution in [0.5, 0.6) is 0 Å². The van der Waals surface area contributed by atoms with E-state index in [0.717, 1.165) is 11.1 Å². The molecule has 0 amide bonds. The number of hydrogen-bond acceptors (Lipinski definition) is 5. The predicted molar refractivity (Wildman–Crippen MR) is 103 cm³/mol. The van der Waals surface area contributed by atoms with Crippen molar-refractivity contribution < 1.29 is 23.1 Å². The SMILES string of the molecule is O=[PH](OCOCc1ccc(Cl)cc1Cl)OCOCc1ccc(Cl)cc1Cl. The van der Waals surface area contributed by atoms with Crippen LogP contribution in [0.15, 0.2) is 36.4 Å². The smallest absolute Gasteiger partial charge is 0.323 e. The molecule has 0 spiro atoms. The fourth-order valence-corrected chi connectivity index (χ4v) is 3.17. The van der Waals surface area contributed by atoms with Crippen molar-refractivity contribution in [1.29, 1.82) is 0 Å². The van der Waals surface area contributed by atoms with Crippen molar-refractivity contribution >= 4 is 54.7 Å². The summed E-state index contributed by atoms with van der Waals surface area (Å²) in [6.45, 7) is -0.0348. The van der Waals surface area contributed by atoms with Gasteiger partial charge >= 0.3 is 8.25 Å². The monoisotopic (exact) mass is 458 g/mol. The van der Waals surface area contributed by atoms with E-state index in [1.807, 2.05) is 0 Å². The molecule has 0 N–H and O–H groups in total. The van der Waals surface area contributed by atoms with Gasteiger partial charge in [0.05, 0.1) is 13.2 Å². The number of ether oxygens (including phenoxy) is 2. The van der Waals surface area contributed by atoms with Crippen molar-refractivity contribution in [2.45, 2.75) is 13.2 Å².